The Bertz CT molecular complexity index is 486. The zero-order chi connectivity index (χ0) is 13.0. The molecule has 3 nitrogen and oxygen atoms in total. The molecular formula is C14H17ClN2O. The molecular weight excluding hydrogens is 248 g/mol. The highest BCUT2D eigenvalue weighted by Crippen LogP contribution is 2.10. The lowest BCUT2D eigenvalue weighted by Gasteiger charge is -2.02. The summed E-state index contributed by atoms with van der Waals surface area (Å²) in [6.45, 7) is 5.44. The molecule has 0 saturated carbocycles. The zero-order valence-electron chi connectivity index (χ0n) is 10.7. The van der Waals surface area contributed by atoms with Crippen molar-refractivity contribution >= 4 is 11.6 Å². The van der Waals surface area contributed by atoms with Crippen LogP contribution in [-0.4, -0.2) is 11.5 Å². The fourth-order valence-corrected chi connectivity index (χ4v) is 1.82. The maximum atomic E-state index is 5.83. The lowest BCUT2D eigenvalue weighted by Crippen LogP contribution is -2.16. The van der Waals surface area contributed by atoms with Crippen molar-refractivity contribution in [3.63, 3.8) is 0 Å². The molecule has 0 bridgehead atoms. The first kappa shape index (κ1) is 13.1. The number of benzene rings is 1. The maximum absolute atomic E-state index is 5.83. The Labute approximate surface area is 112 Å². The summed E-state index contributed by atoms with van der Waals surface area (Å²) in [6.07, 6.45) is 0.968. The molecule has 0 atom stereocenters. The smallest absolute Gasteiger partial charge is 0.208 e. The molecule has 1 aromatic carbocycles. The largest absolute Gasteiger partial charge is 0.444 e. The average Bonchev–Trinajstić information content (AvgIpc) is 2.67. The van der Waals surface area contributed by atoms with E-state index in [-0.39, 0.29) is 0 Å². The van der Waals surface area contributed by atoms with Crippen molar-refractivity contribution in [1.29, 1.82) is 0 Å². The number of nitrogens with zero attached hydrogens (tertiary/aromatic N) is 1. The molecule has 0 radical (unpaired) electrons. The normalized spacial score (nSPS) is 10.8. The van der Waals surface area contributed by atoms with Gasteiger partial charge in [-0.05, 0) is 44.5 Å². The molecule has 18 heavy (non-hydrogen) atoms. The average molecular weight is 265 g/mol. The minimum Gasteiger partial charge on any atom is -0.444 e. The van der Waals surface area contributed by atoms with E-state index in [2.05, 4.69) is 10.3 Å². The topological polar surface area (TPSA) is 38.1 Å². The van der Waals surface area contributed by atoms with Crippen LogP contribution in [0.25, 0.3) is 0 Å². The van der Waals surface area contributed by atoms with Gasteiger partial charge in [-0.1, -0.05) is 23.7 Å². The van der Waals surface area contributed by atoms with Crippen molar-refractivity contribution in [2.75, 3.05) is 6.54 Å². The van der Waals surface area contributed by atoms with E-state index >= 15 is 0 Å². The summed E-state index contributed by atoms with van der Waals surface area (Å²) in [5.74, 6) is 1.64. The fourth-order valence-electron chi connectivity index (χ4n) is 1.69. The van der Waals surface area contributed by atoms with Crippen molar-refractivity contribution in [2.24, 2.45) is 0 Å². The van der Waals surface area contributed by atoms with Gasteiger partial charge in [-0.2, -0.15) is 0 Å². The Hall–Kier alpha value is -1.32. The van der Waals surface area contributed by atoms with E-state index in [1.54, 1.807) is 0 Å². The second-order valence-corrected chi connectivity index (χ2v) is 4.74. The third-order valence-electron chi connectivity index (χ3n) is 2.85. The van der Waals surface area contributed by atoms with Crippen LogP contribution in [0.2, 0.25) is 5.02 Å². The summed E-state index contributed by atoms with van der Waals surface area (Å²) in [5, 5.41) is 4.09. The summed E-state index contributed by atoms with van der Waals surface area (Å²) in [5.41, 5.74) is 2.23. The zero-order valence-corrected chi connectivity index (χ0v) is 11.4. The number of halogens is 1. The molecule has 0 spiro atoms. The highest BCUT2D eigenvalue weighted by atomic mass is 35.5. The molecule has 0 aliphatic heterocycles. The SMILES string of the molecule is Cc1nc(CNCCc2ccc(Cl)cc2)oc1C. The van der Waals surface area contributed by atoms with Crippen molar-refractivity contribution in [1.82, 2.24) is 10.3 Å². The third kappa shape index (κ3) is 3.59. The molecule has 2 aromatic rings. The van der Waals surface area contributed by atoms with Gasteiger partial charge in [0.25, 0.3) is 0 Å². The number of aryl methyl sites for hydroxylation is 2. The third-order valence-corrected chi connectivity index (χ3v) is 3.10. The molecule has 0 amide bonds. The van der Waals surface area contributed by atoms with Gasteiger partial charge in [0.05, 0.1) is 12.2 Å². The highest BCUT2D eigenvalue weighted by Gasteiger charge is 2.04. The predicted molar refractivity (Wildman–Crippen MR) is 72.8 cm³/mol. The van der Waals surface area contributed by atoms with Gasteiger partial charge in [0.1, 0.15) is 5.76 Å². The maximum Gasteiger partial charge on any atom is 0.208 e. The van der Waals surface area contributed by atoms with Crippen LogP contribution in [0.4, 0.5) is 0 Å². The van der Waals surface area contributed by atoms with Gasteiger partial charge in [0, 0.05) is 5.02 Å². The van der Waals surface area contributed by atoms with Crippen LogP contribution in [0.1, 0.15) is 22.9 Å². The Kier molecular flexibility index (Phi) is 4.39. The van der Waals surface area contributed by atoms with E-state index < -0.39 is 0 Å². The minimum absolute atomic E-state index is 0.669. The Morgan fingerprint density at radius 2 is 1.94 bits per heavy atom. The van der Waals surface area contributed by atoms with Crippen molar-refractivity contribution in [3.05, 3.63) is 52.2 Å². The molecule has 1 N–H and O–H groups in total. The first-order chi connectivity index (χ1) is 8.65. The van der Waals surface area contributed by atoms with Crippen molar-refractivity contribution in [3.8, 4) is 0 Å². The summed E-state index contributed by atoms with van der Waals surface area (Å²) >= 11 is 5.83. The quantitative estimate of drug-likeness (QED) is 0.843. The summed E-state index contributed by atoms with van der Waals surface area (Å²) < 4.78 is 5.49. The molecule has 0 saturated heterocycles. The summed E-state index contributed by atoms with van der Waals surface area (Å²) in [4.78, 5) is 4.32. The van der Waals surface area contributed by atoms with Crippen LogP contribution in [0.15, 0.2) is 28.7 Å². The van der Waals surface area contributed by atoms with E-state index in [1.807, 2.05) is 38.1 Å². The Morgan fingerprint density at radius 1 is 1.22 bits per heavy atom. The molecule has 0 fully saturated rings. The van der Waals surface area contributed by atoms with Gasteiger partial charge in [-0.3, -0.25) is 0 Å². The van der Waals surface area contributed by atoms with Crippen LogP contribution in [-0.2, 0) is 13.0 Å². The predicted octanol–water partition coefficient (Wildman–Crippen LogP) is 3.28. The van der Waals surface area contributed by atoms with Crippen LogP contribution in [0.3, 0.4) is 0 Å². The molecule has 0 aliphatic rings. The second-order valence-electron chi connectivity index (χ2n) is 4.30. The van der Waals surface area contributed by atoms with Gasteiger partial charge < -0.3 is 9.73 Å². The number of nitrogens with one attached hydrogen (secondary N) is 1. The lowest BCUT2D eigenvalue weighted by atomic mass is 10.1. The van der Waals surface area contributed by atoms with Crippen LogP contribution in [0, 0.1) is 13.8 Å². The lowest BCUT2D eigenvalue weighted by molar-refractivity contribution is 0.450. The fraction of sp³-hybridized carbons (Fsp3) is 0.357. The molecule has 0 unspecified atom stereocenters. The molecule has 0 aliphatic carbocycles. The van der Waals surface area contributed by atoms with Gasteiger partial charge in [0.15, 0.2) is 0 Å². The number of oxazole rings is 1. The molecule has 96 valence electrons. The van der Waals surface area contributed by atoms with Gasteiger partial charge in [-0.15, -0.1) is 0 Å². The Morgan fingerprint density at radius 3 is 2.56 bits per heavy atom. The minimum atomic E-state index is 0.669. The van der Waals surface area contributed by atoms with E-state index in [1.165, 1.54) is 5.56 Å². The van der Waals surface area contributed by atoms with E-state index in [4.69, 9.17) is 16.0 Å². The van der Waals surface area contributed by atoms with Gasteiger partial charge in [0.2, 0.25) is 5.89 Å². The van der Waals surface area contributed by atoms with E-state index in [0.717, 1.165) is 35.3 Å². The molecule has 1 aromatic heterocycles. The molecule has 1 heterocycles. The Balaban J connectivity index is 1.74. The van der Waals surface area contributed by atoms with Gasteiger partial charge in [-0.25, -0.2) is 4.98 Å². The van der Waals surface area contributed by atoms with Crippen LogP contribution in [0.5, 0.6) is 0 Å². The number of aromatic nitrogens is 1. The van der Waals surface area contributed by atoms with Crippen molar-refractivity contribution in [2.45, 2.75) is 26.8 Å². The molecule has 2 rings (SSSR count). The van der Waals surface area contributed by atoms with Crippen LogP contribution < -0.4 is 5.32 Å². The summed E-state index contributed by atoms with van der Waals surface area (Å²) in [6, 6.07) is 7.92. The first-order valence-electron chi connectivity index (χ1n) is 6.03. The monoisotopic (exact) mass is 264 g/mol. The summed E-state index contributed by atoms with van der Waals surface area (Å²) in [7, 11) is 0. The van der Waals surface area contributed by atoms with Crippen LogP contribution >= 0.6 is 11.6 Å². The highest BCUT2D eigenvalue weighted by molar-refractivity contribution is 6.30. The number of rotatable bonds is 5. The van der Waals surface area contributed by atoms with Crippen molar-refractivity contribution < 1.29 is 4.42 Å². The van der Waals surface area contributed by atoms with E-state index in [0.29, 0.717) is 6.54 Å². The van der Waals surface area contributed by atoms with Gasteiger partial charge >= 0.3 is 0 Å². The second kappa shape index (κ2) is 6.03. The number of hydrogen-bond donors (Lipinski definition) is 1. The standard InChI is InChI=1S/C14H17ClN2O/c1-10-11(2)18-14(17-10)9-16-8-7-12-3-5-13(15)6-4-12/h3-6,16H,7-9H2,1-2H3. The number of hydrogen-bond acceptors (Lipinski definition) is 3. The van der Waals surface area contributed by atoms with E-state index in [9.17, 15) is 0 Å². The first-order valence-corrected chi connectivity index (χ1v) is 6.41. The molecule has 4 heteroatoms.